The highest BCUT2D eigenvalue weighted by atomic mass is 16.6. The summed E-state index contributed by atoms with van der Waals surface area (Å²) in [6.07, 6.45) is 3.83. The third-order valence-electron chi connectivity index (χ3n) is 8.15. The Morgan fingerprint density at radius 1 is 1.05 bits per heavy atom. The average Bonchev–Trinajstić information content (AvgIpc) is 3.05. The van der Waals surface area contributed by atoms with E-state index < -0.39 is 11.5 Å². The Labute approximate surface area is 230 Å². The Hall–Kier alpha value is -3.14. The summed E-state index contributed by atoms with van der Waals surface area (Å²) in [5.74, 6) is -0.230. The minimum atomic E-state index is -0.469. The van der Waals surface area contributed by atoms with E-state index in [0.717, 1.165) is 80.8 Å². The lowest BCUT2D eigenvalue weighted by molar-refractivity contribution is -0.134. The summed E-state index contributed by atoms with van der Waals surface area (Å²) < 4.78 is 7.47. The Bertz CT molecular complexity index is 1230. The molecule has 3 fully saturated rings. The van der Waals surface area contributed by atoms with Gasteiger partial charge in [0.05, 0.1) is 22.8 Å². The average molecular weight is 539 g/mol. The molecule has 0 radical (unpaired) electrons. The molecule has 3 aliphatic rings. The fourth-order valence-corrected chi connectivity index (χ4v) is 6.19. The fraction of sp³-hybridized carbons (Fsp3) is 0.655. The lowest BCUT2D eigenvalue weighted by atomic mass is 9.92. The molecule has 0 aliphatic carbocycles. The van der Waals surface area contributed by atoms with Gasteiger partial charge in [-0.05, 0) is 65.0 Å². The molecule has 0 spiro atoms. The van der Waals surface area contributed by atoms with E-state index in [1.807, 2.05) is 43.5 Å². The molecule has 10 heteroatoms. The first-order chi connectivity index (χ1) is 18.6. The second-order valence-electron chi connectivity index (χ2n) is 12.2. The van der Waals surface area contributed by atoms with Crippen LogP contribution in [0.2, 0.25) is 0 Å². The highest BCUT2D eigenvalue weighted by Crippen LogP contribution is 2.36. The van der Waals surface area contributed by atoms with Crippen molar-refractivity contribution < 1.29 is 19.1 Å². The van der Waals surface area contributed by atoms with Gasteiger partial charge in [-0.15, -0.1) is 0 Å². The number of nitrogens with one attached hydrogen (secondary N) is 1. The summed E-state index contributed by atoms with van der Waals surface area (Å²) >= 11 is 0. The highest BCUT2D eigenvalue weighted by molar-refractivity contribution is 6.03. The van der Waals surface area contributed by atoms with Gasteiger partial charge in [0, 0.05) is 58.1 Å². The molecule has 5 rings (SSSR count). The molecule has 1 aromatic carbocycles. The summed E-state index contributed by atoms with van der Waals surface area (Å²) in [6, 6.07) is 6.24. The summed E-state index contributed by atoms with van der Waals surface area (Å²) in [4.78, 5) is 43.5. The minimum absolute atomic E-state index is 0.206. The van der Waals surface area contributed by atoms with Crippen LogP contribution in [-0.4, -0.2) is 88.9 Å². The van der Waals surface area contributed by atoms with Crippen molar-refractivity contribution in [1.29, 1.82) is 0 Å². The molecule has 1 N–H and O–H groups in total. The Morgan fingerprint density at radius 2 is 1.82 bits per heavy atom. The minimum Gasteiger partial charge on any atom is -0.444 e. The number of carbonyl (C=O) groups excluding carboxylic acids is 3. The number of nitrogens with zero attached hydrogens (tertiary/aromatic N) is 5. The maximum Gasteiger partial charge on any atom is 0.410 e. The van der Waals surface area contributed by atoms with E-state index in [-0.39, 0.29) is 17.9 Å². The third-order valence-corrected chi connectivity index (χ3v) is 8.15. The van der Waals surface area contributed by atoms with Gasteiger partial charge in [-0.25, -0.2) is 4.79 Å². The molecule has 3 amide bonds. The number of para-hydroxylation sites is 1. The van der Waals surface area contributed by atoms with E-state index in [0.29, 0.717) is 25.3 Å². The fourth-order valence-electron chi connectivity index (χ4n) is 6.19. The van der Waals surface area contributed by atoms with E-state index >= 15 is 0 Å². The second-order valence-corrected chi connectivity index (χ2v) is 12.2. The zero-order chi connectivity index (χ0) is 27.7. The second kappa shape index (κ2) is 11.2. The van der Waals surface area contributed by atoms with Gasteiger partial charge in [0.1, 0.15) is 5.60 Å². The lowest BCUT2D eigenvalue weighted by Gasteiger charge is -2.36. The van der Waals surface area contributed by atoms with Crippen molar-refractivity contribution in [2.24, 2.45) is 13.0 Å². The predicted molar refractivity (Wildman–Crippen MR) is 150 cm³/mol. The number of aromatic nitrogens is 2. The molecule has 0 bridgehead atoms. The quantitative estimate of drug-likeness (QED) is 0.597. The first-order valence-electron chi connectivity index (χ1n) is 14.3. The van der Waals surface area contributed by atoms with Crippen molar-refractivity contribution in [3.05, 3.63) is 23.9 Å². The first-order valence-corrected chi connectivity index (χ1v) is 14.3. The number of ether oxygens (including phenoxy) is 1. The number of amides is 3. The van der Waals surface area contributed by atoms with Gasteiger partial charge in [0.15, 0.2) is 0 Å². The Morgan fingerprint density at radius 3 is 2.54 bits per heavy atom. The zero-order valence-corrected chi connectivity index (χ0v) is 23.7. The van der Waals surface area contributed by atoms with Gasteiger partial charge < -0.3 is 19.4 Å². The lowest BCUT2D eigenvalue weighted by Crippen LogP contribution is -2.41. The Kier molecular flexibility index (Phi) is 7.84. The van der Waals surface area contributed by atoms with Gasteiger partial charge in [0.2, 0.25) is 11.8 Å². The van der Waals surface area contributed by atoms with Crippen LogP contribution in [0.4, 0.5) is 10.5 Å². The standard InChI is InChI=1S/C29H42N6O4/c1-29(2,3)39-28(38)35-14-6-13-33(17-18-35)19-20-11-15-34(16-12-20)23-8-5-7-21-25(31-32(4)26(21)23)22-9-10-24(36)30-27(22)37/h5,7-8,20,22H,6,9-19H2,1-4H3,(H,30,36,37). The number of carbonyl (C=O) groups is 3. The maximum atomic E-state index is 12.6. The van der Waals surface area contributed by atoms with E-state index in [1.165, 1.54) is 0 Å². The molecular weight excluding hydrogens is 496 g/mol. The molecule has 1 unspecified atom stereocenters. The van der Waals surface area contributed by atoms with Crippen molar-refractivity contribution >= 4 is 34.5 Å². The van der Waals surface area contributed by atoms with Gasteiger partial charge in [-0.2, -0.15) is 5.10 Å². The van der Waals surface area contributed by atoms with E-state index in [9.17, 15) is 14.4 Å². The molecule has 4 heterocycles. The van der Waals surface area contributed by atoms with Crippen LogP contribution in [0, 0.1) is 5.92 Å². The number of rotatable bonds is 4. The van der Waals surface area contributed by atoms with Crippen LogP contribution in [-0.2, 0) is 21.4 Å². The van der Waals surface area contributed by atoms with Crippen LogP contribution < -0.4 is 10.2 Å². The van der Waals surface area contributed by atoms with Gasteiger partial charge in [-0.1, -0.05) is 12.1 Å². The van der Waals surface area contributed by atoms with Crippen LogP contribution >= 0.6 is 0 Å². The van der Waals surface area contributed by atoms with Gasteiger partial charge in [-0.3, -0.25) is 19.6 Å². The van der Waals surface area contributed by atoms with E-state index in [4.69, 9.17) is 9.84 Å². The normalized spacial score (nSPS) is 22.2. The van der Waals surface area contributed by atoms with Crippen LogP contribution in [0.25, 0.3) is 10.9 Å². The van der Waals surface area contributed by atoms with Crippen LogP contribution in [0.5, 0.6) is 0 Å². The number of hydrogen-bond donors (Lipinski definition) is 1. The third kappa shape index (κ3) is 6.21. The number of benzene rings is 1. The van der Waals surface area contributed by atoms with Crippen LogP contribution in [0.15, 0.2) is 18.2 Å². The number of piperidine rings is 2. The molecule has 1 aromatic heterocycles. The smallest absolute Gasteiger partial charge is 0.410 e. The summed E-state index contributed by atoms with van der Waals surface area (Å²) in [6.45, 7) is 12.1. The van der Waals surface area contributed by atoms with Crippen molar-refractivity contribution in [1.82, 2.24) is 24.9 Å². The van der Waals surface area contributed by atoms with Gasteiger partial charge in [0.25, 0.3) is 0 Å². The molecule has 3 aliphatic heterocycles. The SMILES string of the molecule is Cn1nc(C2CCC(=O)NC2=O)c2cccc(N3CCC(CN4CCCN(C(=O)OC(C)(C)C)CC4)CC3)c21. The Balaban J connectivity index is 1.19. The van der Waals surface area contributed by atoms with Gasteiger partial charge >= 0.3 is 6.09 Å². The molecule has 2 aromatic rings. The number of fused-ring (bicyclic) bond motifs is 1. The number of imide groups is 1. The summed E-state index contributed by atoms with van der Waals surface area (Å²) in [7, 11) is 1.94. The molecule has 10 nitrogen and oxygen atoms in total. The summed E-state index contributed by atoms with van der Waals surface area (Å²) in [5, 5.41) is 8.22. The molecule has 1 atom stereocenters. The number of anilines is 1. The van der Waals surface area contributed by atoms with Crippen molar-refractivity contribution in [2.45, 2.75) is 64.4 Å². The topological polar surface area (TPSA) is 100 Å². The zero-order valence-electron chi connectivity index (χ0n) is 23.7. The molecule has 3 saturated heterocycles. The van der Waals surface area contributed by atoms with Crippen molar-refractivity contribution in [3.8, 4) is 0 Å². The number of hydrogen-bond acceptors (Lipinski definition) is 7. The first kappa shape index (κ1) is 27.4. The monoisotopic (exact) mass is 538 g/mol. The largest absolute Gasteiger partial charge is 0.444 e. The molecular formula is C29H42N6O4. The van der Waals surface area contributed by atoms with Crippen LogP contribution in [0.1, 0.15) is 64.5 Å². The summed E-state index contributed by atoms with van der Waals surface area (Å²) in [5.41, 5.74) is 2.49. The number of aryl methyl sites for hydroxylation is 1. The molecule has 212 valence electrons. The predicted octanol–water partition coefficient (Wildman–Crippen LogP) is 3.25. The molecule has 0 saturated carbocycles. The van der Waals surface area contributed by atoms with Crippen molar-refractivity contribution in [2.75, 3.05) is 50.7 Å². The van der Waals surface area contributed by atoms with Crippen LogP contribution in [0.3, 0.4) is 0 Å². The maximum absolute atomic E-state index is 12.6. The van der Waals surface area contributed by atoms with E-state index in [2.05, 4.69) is 27.2 Å². The molecule has 39 heavy (non-hydrogen) atoms. The highest BCUT2D eigenvalue weighted by Gasteiger charge is 2.33. The van der Waals surface area contributed by atoms with E-state index in [1.54, 1.807) is 0 Å². The van der Waals surface area contributed by atoms with Crippen molar-refractivity contribution in [3.63, 3.8) is 0 Å².